The maximum atomic E-state index is 12.4. The molecule has 0 aromatic carbocycles. The van der Waals surface area contributed by atoms with Crippen molar-refractivity contribution in [2.45, 2.75) is 25.4 Å². The monoisotopic (exact) mass is 317 g/mol. The Bertz CT molecular complexity index is 504. The molecule has 2 atom stereocenters. The van der Waals surface area contributed by atoms with Crippen LogP contribution >= 0.6 is 22.9 Å². The van der Waals surface area contributed by atoms with E-state index in [1.165, 1.54) is 11.3 Å². The summed E-state index contributed by atoms with van der Waals surface area (Å²) >= 11 is 7.28. The van der Waals surface area contributed by atoms with Crippen LogP contribution in [0.5, 0.6) is 0 Å². The highest BCUT2D eigenvalue weighted by Gasteiger charge is 2.29. The van der Waals surface area contributed by atoms with E-state index in [-0.39, 0.29) is 18.2 Å². The molecule has 0 spiro atoms. The zero-order chi connectivity index (χ0) is 14.7. The fourth-order valence-corrected chi connectivity index (χ4v) is 3.30. The van der Waals surface area contributed by atoms with Gasteiger partial charge in [0.05, 0.1) is 29.4 Å². The lowest BCUT2D eigenvalue weighted by Crippen LogP contribution is -2.47. The molecule has 0 radical (unpaired) electrons. The van der Waals surface area contributed by atoms with Crippen molar-refractivity contribution in [2.75, 3.05) is 19.7 Å². The van der Waals surface area contributed by atoms with Crippen molar-refractivity contribution in [2.24, 2.45) is 0 Å². The summed E-state index contributed by atoms with van der Waals surface area (Å²) in [5, 5.41) is 8.78. The fourth-order valence-electron chi connectivity index (χ4n) is 2.19. The van der Waals surface area contributed by atoms with E-state index in [0.717, 1.165) is 4.88 Å². The van der Waals surface area contributed by atoms with Crippen LogP contribution in [0.2, 0.25) is 4.34 Å². The summed E-state index contributed by atoms with van der Waals surface area (Å²) in [6.45, 7) is 3.04. The number of ether oxygens (including phenoxy) is 1. The summed E-state index contributed by atoms with van der Waals surface area (Å²) in [6, 6.07) is 3.63. The molecule has 1 aliphatic heterocycles. The maximum Gasteiger partial charge on any atom is 0.306 e. The van der Waals surface area contributed by atoms with Crippen molar-refractivity contribution >= 4 is 34.8 Å². The normalized spacial score (nSPS) is 20.7. The van der Waals surface area contributed by atoms with Crippen LogP contribution < -0.4 is 0 Å². The zero-order valence-corrected chi connectivity index (χ0v) is 12.6. The molecule has 1 fully saturated rings. The minimum absolute atomic E-state index is 0.0118. The van der Waals surface area contributed by atoms with E-state index < -0.39 is 12.1 Å². The SMILES string of the molecule is CC(C(=O)N1CCOC(CC(=O)O)C1)c1ccc(Cl)s1. The number of carboxylic acid groups (broad SMARTS) is 1. The van der Waals surface area contributed by atoms with Crippen molar-refractivity contribution in [1.82, 2.24) is 4.90 Å². The minimum atomic E-state index is -0.914. The summed E-state index contributed by atoms with van der Waals surface area (Å²) in [5.41, 5.74) is 0. The Morgan fingerprint density at radius 2 is 2.35 bits per heavy atom. The first-order valence-corrected chi connectivity index (χ1v) is 7.54. The molecule has 5 nitrogen and oxygen atoms in total. The maximum absolute atomic E-state index is 12.4. The van der Waals surface area contributed by atoms with Gasteiger partial charge in [-0.05, 0) is 19.1 Å². The molecule has 2 rings (SSSR count). The second-order valence-corrected chi connectivity index (χ2v) is 6.49. The zero-order valence-electron chi connectivity index (χ0n) is 11.0. The Morgan fingerprint density at radius 1 is 1.60 bits per heavy atom. The number of rotatable bonds is 4. The van der Waals surface area contributed by atoms with Crippen LogP contribution in [-0.2, 0) is 14.3 Å². The van der Waals surface area contributed by atoms with Gasteiger partial charge in [-0.25, -0.2) is 0 Å². The van der Waals surface area contributed by atoms with Crippen LogP contribution in [0, 0.1) is 0 Å². The second kappa shape index (κ2) is 6.56. The molecule has 2 unspecified atom stereocenters. The lowest BCUT2D eigenvalue weighted by molar-refractivity contribution is -0.148. The minimum Gasteiger partial charge on any atom is -0.481 e. The molecule has 1 saturated heterocycles. The molecule has 1 amide bonds. The van der Waals surface area contributed by atoms with Gasteiger partial charge >= 0.3 is 5.97 Å². The number of thiophene rings is 1. The van der Waals surface area contributed by atoms with E-state index in [1.54, 1.807) is 11.0 Å². The lowest BCUT2D eigenvalue weighted by Gasteiger charge is -2.33. The number of halogens is 1. The first kappa shape index (κ1) is 15.3. The molecule has 0 aliphatic carbocycles. The topological polar surface area (TPSA) is 66.8 Å². The summed E-state index contributed by atoms with van der Waals surface area (Å²) < 4.78 is 6.02. The number of carbonyl (C=O) groups is 2. The Balaban J connectivity index is 1.99. The fraction of sp³-hybridized carbons (Fsp3) is 0.538. The number of nitrogens with zero attached hydrogens (tertiary/aromatic N) is 1. The molecule has 2 heterocycles. The molecule has 0 saturated carbocycles. The average Bonchev–Trinajstić information content (AvgIpc) is 2.83. The quantitative estimate of drug-likeness (QED) is 0.924. The van der Waals surface area contributed by atoms with Gasteiger partial charge in [-0.1, -0.05) is 11.6 Å². The third-order valence-corrected chi connectivity index (χ3v) is 4.66. The van der Waals surface area contributed by atoms with E-state index in [1.807, 2.05) is 13.0 Å². The number of carboxylic acids is 1. The van der Waals surface area contributed by atoms with Crippen LogP contribution in [0.15, 0.2) is 12.1 Å². The molecular weight excluding hydrogens is 302 g/mol. The average molecular weight is 318 g/mol. The highest BCUT2D eigenvalue weighted by molar-refractivity contribution is 7.16. The number of amides is 1. The third kappa shape index (κ3) is 3.71. The van der Waals surface area contributed by atoms with Gasteiger partial charge in [-0.15, -0.1) is 11.3 Å². The Labute approximate surface area is 126 Å². The van der Waals surface area contributed by atoms with Crippen molar-refractivity contribution in [3.63, 3.8) is 0 Å². The molecule has 110 valence electrons. The van der Waals surface area contributed by atoms with E-state index in [9.17, 15) is 9.59 Å². The molecule has 1 aromatic rings. The first-order valence-electron chi connectivity index (χ1n) is 6.34. The molecule has 20 heavy (non-hydrogen) atoms. The van der Waals surface area contributed by atoms with Crippen LogP contribution in [0.1, 0.15) is 24.1 Å². The van der Waals surface area contributed by atoms with Gasteiger partial charge in [0.2, 0.25) is 5.91 Å². The summed E-state index contributed by atoms with van der Waals surface area (Å²) in [4.78, 5) is 25.7. The van der Waals surface area contributed by atoms with E-state index in [4.69, 9.17) is 21.4 Å². The van der Waals surface area contributed by atoms with Crippen molar-refractivity contribution in [3.8, 4) is 0 Å². The van der Waals surface area contributed by atoms with Gasteiger partial charge in [0, 0.05) is 18.0 Å². The molecule has 1 N–H and O–H groups in total. The lowest BCUT2D eigenvalue weighted by atomic mass is 10.1. The van der Waals surface area contributed by atoms with Crippen LogP contribution in [0.3, 0.4) is 0 Å². The van der Waals surface area contributed by atoms with E-state index in [0.29, 0.717) is 24.0 Å². The Kier molecular flexibility index (Phi) is 5.01. The van der Waals surface area contributed by atoms with Crippen molar-refractivity contribution < 1.29 is 19.4 Å². The van der Waals surface area contributed by atoms with Gasteiger partial charge < -0.3 is 14.7 Å². The number of hydrogen-bond acceptors (Lipinski definition) is 4. The Hall–Kier alpha value is -1.11. The van der Waals surface area contributed by atoms with E-state index >= 15 is 0 Å². The molecule has 1 aromatic heterocycles. The van der Waals surface area contributed by atoms with Crippen molar-refractivity contribution in [1.29, 1.82) is 0 Å². The molecular formula is C13H16ClNO4S. The smallest absolute Gasteiger partial charge is 0.306 e. The predicted molar refractivity (Wildman–Crippen MR) is 76.3 cm³/mol. The highest BCUT2D eigenvalue weighted by Crippen LogP contribution is 2.29. The van der Waals surface area contributed by atoms with Crippen LogP contribution in [-0.4, -0.2) is 47.7 Å². The third-order valence-electron chi connectivity index (χ3n) is 3.24. The van der Waals surface area contributed by atoms with Gasteiger partial charge in [-0.3, -0.25) is 9.59 Å². The van der Waals surface area contributed by atoms with Crippen molar-refractivity contribution in [3.05, 3.63) is 21.3 Å². The van der Waals surface area contributed by atoms with Gasteiger partial charge in [0.1, 0.15) is 0 Å². The highest BCUT2D eigenvalue weighted by atomic mass is 35.5. The number of aliphatic carboxylic acids is 1. The Morgan fingerprint density at radius 3 is 2.95 bits per heavy atom. The first-order chi connectivity index (χ1) is 9.47. The van der Waals surface area contributed by atoms with Gasteiger partial charge in [-0.2, -0.15) is 0 Å². The molecule has 7 heteroatoms. The van der Waals surface area contributed by atoms with Crippen LogP contribution in [0.4, 0.5) is 0 Å². The van der Waals surface area contributed by atoms with Gasteiger partial charge in [0.25, 0.3) is 0 Å². The van der Waals surface area contributed by atoms with Crippen LogP contribution in [0.25, 0.3) is 0 Å². The van der Waals surface area contributed by atoms with Gasteiger partial charge in [0.15, 0.2) is 0 Å². The standard InChI is InChI=1S/C13H16ClNO4S/c1-8(10-2-3-11(14)20-10)13(18)15-4-5-19-9(7-15)6-12(16)17/h2-3,8-9H,4-7H2,1H3,(H,16,17). The van der Waals surface area contributed by atoms with E-state index in [2.05, 4.69) is 0 Å². The number of morpholine rings is 1. The summed E-state index contributed by atoms with van der Waals surface area (Å²) in [6.07, 6.45) is -0.507. The molecule has 0 bridgehead atoms. The molecule has 1 aliphatic rings. The summed E-state index contributed by atoms with van der Waals surface area (Å²) in [7, 11) is 0. The number of hydrogen-bond donors (Lipinski definition) is 1. The largest absolute Gasteiger partial charge is 0.481 e. The summed E-state index contributed by atoms with van der Waals surface area (Å²) in [5.74, 6) is -1.19. The second-order valence-electron chi connectivity index (χ2n) is 4.74. The number of carbonyl (C=O) groups excluding carboxylic acids is 1. The predicted octanol–water partition coefficient (Wildman–Crippen LogP) is 2.21.